The molecule has 1 fully saturated rings. The molecule has 0 spiro atoms. The van der Waals surface area contributed by atoms with Crippen LogP contribution in [0.15, 0.2) is 24.3 Å². The fraction of sp³-hybridized carbons (Fsp3) is 0.647. The van der Waals surface area contributed by atoms with Gasteiger partial charge in [-0.1, -0.05) is 38.1 Å². The van der Waals surface area contributed by atoms with Crippen LogP contribution in [0.3, 0.4) is 0 Å². The Bertz CT molecular complexity index is 387. The first-order valence-corrected chi connectivity index (χ1v) is 7.65. The van der Waals surface area contributed by atoms with Gasteiger partial charge < -0.3 is 5.32 Å². The van der Waals surface area contributed by atoms with E-state index in [9.17, 15) is 0 Å². The van der Waals surface area contributed by atoms with Crippen molar-refractivity contribution in [2.24, 2.45) is 5.92 Å². The van der Waals surface area contributed by atoms with Gasteiger partial charge in [-0.15, -0.1) is 0 Å². The quantitative estimate of drug-likeness (QED) is 0.874. The molecule has 2 nitrogen and oxygen atoms in total. The van der Waals surface area contributed by atoms with Crippen molar-refractivity contribution in [1.29, 1.82) is 0 Å². The van der Waals surface area contributed by atoms with Crippen LogP contribution in [-0.2, 0) is 6.54 Å². The average Bonchev–Trinajstić information content (AvgIpc) is 2.40. The number of piperidine rings is 1. The van der Waals surface area contributed by atoms with Crippen LogP contribution in [0.25, 0.3) is 0 Å². The van der Waals surface area contributed by atoms with Crippen LogP contribution in [0, 0.1) is 12.8 Å². The van der Waals surface area contributed by atoms with Crippen LogP contribution in [0.5, 0.6) is 0 Å². The van der Waals surface area contributed by atoms with E-state index in [1.165, 1.54) is 37.1 Å². The molecule has 2 rings (SSSR count). The topological polar surface area (TPSA) is 15.3 Å². The highest BCUT2D eigenvalue weighted by Gasteiger charge is 2.19. The Labute approximate surface area is 118 Å². The van der Waals surface area contributed by atoms with Gasteiger partial charge in [0.2, 0.25) is 0 Å². The third kappa shape index (κ3) is 4.63. The maximum absolute atomic E-state index is 3.71. The standard InChI is InChI=1S/C17H28N2/c1-14(2)11-18-17-9-6-10-19(13-17)12-16-8-5-4-7-15(16)3/h4-5,7-8,14,17-18H,6,9-13H2,1-3H3. The Morgan fingerprint density at radius 2 is 2.11 bits per heavy atom. The second-order valence-electron chi connectivity index (χ2n) is 6.30. The molecule has 0 bridgehead atoms. The molecule has 1 atom stereocenters. The number of hydrogen-bond acceptors (Lipinski definition) is 2. The summed E-state index contributed by atoms with van der Waals surface area (Å²) in [6.07, 6.45) is 2.65. The zero-order valence-corrected chi connectivity index (χ0v) is 12.7. The third-order valence-electron chi connectivity index (χ3n) is 3.98. The fourth-order valence-corrected chi connectivity index (χ4v) is 2.80. The highest BCUT2D eigenvalue weighted by atomic mass is 15.2. The number of aryl methyl sites for hydroxylation is 1. The van der Waals surface area contributed by atoms with Crippen LogP contribution in [0.2, 0.25) is 0 Å². The van der Waals surface area contributed by atoms with E-state index < -0.39 is 0 Å². The summed E-state index contributed by atoms with van der Waals surface area (Å²) in [5, 5.41) is 3.71. The van der Waals surface area contributed by atoms with Crippen molar-refractivity contribution in [2.75, 3.05) is 19.6 Å². The van der Waals surface area contributed by atoms with Gasteiger partial charge in [0.05, 0.1) is 0 Å². The van der Waals surface area contributed by atoms with Crippen molar-refractivity contribution in [1.82, 2.24) is 10.2 Å². The van der Waals surface area contributed by atoms with E-state index in [0.717, 1.165) is 19.0 Å². The summed E-state index contributed by atoms with van der Waals surface area (Å²) in [5.74, 6) is 0.742. The number of likely N-dealkylation sites (tertiary alicyclic amines) is 1. The molecule has 19 heavy (non-hydrogen) atoms. The Balaban J connectivity index is 1.86. The third-order valence-corrected chi connectivity index (χ3v) is 3.98. The maximum Gasteiger partial charge on any atom is 0.0237 e. The molecule has 0 amide bonds. The second kappa shape index (κ2) is 7.06. The van der Waals surface area contributed by atoms with Gasteiger partial charge in [-0.25, -0.2) is 0 Å². The lowest BCUT2D eigenvalue weighted by Gasteiger charge is -2.34. The first-order chi connectivity index (χ1) is 9.15. The lowest BCUT2D eigenvalue weighted by Crippen LogP contribution is -2.46. The molecule has 1 N–H and O–H groups in total. The SMILES string of the molecule is Cc1ccccc1CN1CCCC(NCC(C)C)C1. The summed E-state index contributed by atoms with van der Waals surface area (Å²) in [5.41, 5.74) is 2.90. The predicted octanol–water partition coefficient (Wildman–Crippen LogP) is 3.21. The molecular formula is C17H28N2. The van der Waals surface area contributed by atoms with Gasteiger partial charge in [0.15, 0.2) is 0 Å². The van der Waals surface area contributed by atoms with Crippen molar-refractivity contribution >= 4 is 0 Å². The first-order valence-electron chi connectivity index (χ1n) is 7.65. The van der Waals surface area contributed by atoms with E-state index in [1.807, 2.05) is 0 Å². The van der Waals surface area contributed by atoms with E-state index in [2.05, 4.69) is 55.3 Å². The van der Waals surface area contributed by atoms with Gasteiger partial charge >= 0.3 is 0 Å². The summed E-state index contributed by atoms with van der Waals surface area (Å²) < 4.78 is 0. The largest absolute Gasteiger partial charge is 0.312 e. The van der Waals surface area contributed by atoms with Crippen LogP contribution < -0.4 is 5.32 Å². The normalized spacial score (nSPS) is 20.9. The molecule has 1 aromatic rings. The van der Waals surface area contributed by atoms with Gasteiger partial charge in [-0.3, -0.25) is 4.90 Å². The van der Waals surface area contributed by atoms with Crippen LogP contribution in [0.1, 0.15) is 37.8 Å². The molecule has 1 aromatic carbocycles. The molecule has 1 saturated heterocycles. The molecule has 0 aromatic heterocycles. The Hall–Kier alpha value is -0.860. The van der Waals surface area contributed by atoms with Gasteiger partial charge in [-0.05, 0) is 49.9 Å². The van der Waals surface area contributed by atoms with Crippen LogP contribution >= 0.6 is 0 Å². The molecule has 1 aliphatic heterocycles. The minimum atomic E-state index is 0.681. The van der Waals surface area contributed by atoms with Crippen LogP contribution in [0.4, 0.5) is 0 Å². The monoisotopic (exact) mass is 260 g/mol. The summed E-state index contributed by atoms with van der Waals surface area (Å²) in [6.45, 7) is 11.5. The zero-order chi connectivity index (χ0) is 13.7. The molecule has 106 valence electrons. The lowest BCUT2D eigenvalue weighted by atomic mass is 10.0. The Morgan fingerprint density at radius 1 is 1.32 bits per heavy atom. The minimum Gasteiger partial charge on any atom is -0.312 e. The number of benzene rings is 1. The van der Waals surface area contributed by atoms with Crippen molar-refractivity contribution in [3.63, 3.8) is 0 Å². The van der Waals surface area contributed by atoms with E-state index >= 15 is 0 Å². The van der Waals surface area contributed by atoms with E-state index in [1.54, 1.807) is 0 Å². The van der Waals surface area contributed by atoms with E-state index in [0.29, 0.717) is 6.04 Å². The summed E-state index contributed by atoms with van der Waals surface area (Å²) in [7, 11) is 0. The highest BCUT2D eigenvalue weighted by molar-refractivity contribution is 5.25. The first kappa shape index (κ1) is 14.5. The minimum absolute atomic E-state index is 0.681. The van der Waals surface area contributed by atoms with E-state index in [4.69, 9.17) is 0 Å². The van der Waals surface area contributed by atoms with E-state index in [-0.39, 0.29) is 0 Å². The number of nitrogens with zero attached hydrogens (tertiary/aromatic N) is 1. The fourth-order valence-electron chi connectivity index (χ4n) is 2.80. The smallest absolute Gasteiger partial charge is 0.0237 e. The molecule has 2 heteroatoms. The molecule has 0 radical (unpaired) electrons. The summed E-state index contributed by atoms with van der Waals surface area (Å²) in [4.78, 5) is 2.60. The number of nitrogens with one attached hydrogen (secondary N) is 1. The number of rotatable bonds is 5. The summed E-state index contributed by atoms with van der Waals surface area (Å²) in [6, 6.07) is 9.44. The molecule has 1 aliphatic rings. The average molecular weight is 260 g/mol. The molecule has 0 saturated carbocycles. The van der Waals surface area contributed by atoms with Crippen molar-refractivity contribution in [3.8, 4) is 0 Å². The van der Waals surface area contributed by atoms with Gasteiger partial charge in [0.1, 0.15) is 0 Å². The van der Waals surface area contributed by atoms with Gasteiger partial charge in [0, 0.05) is 19.1 Å². The van der Waals surface area contributed by atoms with Crippen molar-refractivity contribution in [2.45, 2.75) is 46.2 Å². The highest BCUT2D eigenvalue weighted by Crippen LogP contribution is 2.16. The Morgan fingerprint density at radius 3 is 2.84 bits per heavy atom. The molecular weight excluding hydrogens is 232 g/mol. The molecule has 0 aliphatic carbocycles. The number of hydrogen-bond donors (Lipinski definition) is 1. The second-order valence-corrected chi connectivity index (χ2v) is 6.30. The lowest BCUT2D eigenvalue weighted by molar-refractivity contribution is 0.181. The molecule has 1 unspecified atom stereocenters. The van der Waals surface area contributed by atoms with Gasteiger partial charge in [-0.2, -0.15) is 0 Å². The van der Waals surface area contributed by atoms with Crippen molar-refractivity contribution in [3.05, 3.63) is 35.4 Å². The summed E-state index contributed by atoms with van der Waals surface area (Å²) >= 11 is 0. The zero-order valence-electron chi connectivity index (χ0n) is 12.7. The molecule has 1 heterocycles. The van der Waals surface area contributed by atoms with Gasteiger partial charge in [0.25, 0.3) is 0 Å². The van der Waals surface area contributed by atoms with Crippen molar-refractivity contribution < 1.29 is 0 Å². The maximum atomic E-state index is 3.71. The Kier molecular flexibility index (Phi) is 5.41. The predicted molar refractivity (Wildman–Crippen MR) is 82.3 cm³/mol. The van der Waals surface area contributed by atoms with Crippen LogP contribution in [-0.4, -0.2) is 30.6 Å².